The fraction of sp³-hybridized carbons (Fsp3) is 0.421. The first-order valence-electron chi connectivity index (χ1n) is 8.85. The van der Waals surface area contributed by atoms with E-state index in [1.165, 1.54) is 38.5 Å². The average molecular weight is 356 g/mol. The van der Waals surface area contributed by atoms with Gasteiger partial charge in [-0.05, 0) is 44.1 Å². The predicted molar refractivity (Wildman–Crippen MR) is 104 cm³/mol. The second-order valence-corrected chi connectivity index (χ2v) is 6.78. The SMILES string of the molecule is Cc1cc(Oc2ccccc2)nc(NC(=S)NC2CCCCCC2)n1. The van der Waals surface area contributed by atoms with E-state index in [1.54, 1.807) is 6.07 Å². The first-order chi connectivity index (χ1) is 12.2. The van der Waals surface area contributed by atoms with Crippen LogP contribution in [0, 0.1) is 6.92 Å². The lowest BCUT2D eigenvalue weighted by molar-refractivity contribution is 0.462. The van der Waals surface area contributed by atoms with Crippen molar-refractivity contribution in [3.63, 3.8) is 0 Å². The minimum Gasteiger partial charge on any atom is -0.439 e. The van der Waals surface area contributed by atoms with Gasteiger partial charge in [-0.3, -0.25) is 0 Å². The molecule has 2 N–H and O–H groups in total. The van der Waals surface area contributed by atoms with Crippen LogP contribution in [0.15, 0.2) is 36.4 Å². The molecule has 0 bridgehead atoms. The Morgan fingerprint density at radius 1 is 1.08 bits per heavy atom. The normalized spacial score (nSPS) is 15.2. The molecule has 0 spiro atoms. The molecule has 2 aromatic rings. The molecule has 1 aliphatic rings. The van der Waals surface area contributed by atoms with Gasteiger partial charge in [0.25, 0.3) is 0 Å². The van der Waals surface area contributed by atoms with Crippen LogP contribution >= 0.6 is 12.2 Å². The van der Waals surface area contributed by atoms with E-state index < -0.39 is 0 Å². The lowest BCUT2D eigenvalue weighted by Gasteiger charge is -2.18. The highest BCUT2D eigenvalue weighted by atomic mass is 32.1. The van der Waals surface area contributed by atoms with E-state index in [0.717, 1.165) is 11.4 Å². The van der Waals surface area contributed by atoms with Crippen molar-refractivity contribution in [2.24, 2.45) is 0 Å². The third-order valence-electron chi connectivity index (χ3n) is 4.21. The van der Waals surface area contributed by atoms with Gasteiger partial charge in [-0.15, -0.1) is 0 Å². The molecule has 0 radical (unpaired) electrons. The fourth-order valence-electron chi connectivity index (χ4n) is 3.00. The predicted octanol–water partition coefficient (Wildman–Crippen LogP) is 4.59. The average Bonchev–Trinajstić information content (AvgIpc) is 2.83. The number of hydrogen-bond donors (Lipinski definition) is 2. The largest absolute Gasteiger partial charge is 0.439 e. The number of nitrogens with one attached hydrogen (secondary N) is 2. The van der Waals surface area contributed by atoms with E-state index in [0.29, 0.717) is 23.0 Å². The van der Waals surface area contributed by atoms with Crippen molar-refractivity contribution in [3.8, 4) is 11.6 Å². The summed E-state index contributed by atoms with van der Waals surface area (Å²) in [6, 6.07) is 11.8. The Morgan fingerprint density at radius 3 is 2.52 bits per heavy atom. The molecule has 1 fully saturated rings. The maximum atomic E-state index is 5.79. The molecule has 1 aromatic heterocycles. The zero-order valence-corrected chi connectivity index (χ0v) is 15.3. The van der Waals surface area contributed by atoms with Crippen molar-refractivity contribution >= 4 is 23.3 Å². The van der Waals surface area contributed by atoms with Gasteiger partial charge in [0, 0.05) is 17.8 Å². The fourth-order valence-corrected chi connectivity index (χ4v) is 3.26. The van der Waals surface area contributed by atoms with E-state index in [2.05, 4.69) is 20.6 Å². The molecule has 1 saturated carbocycles. The Hall–Kier alpha value is -2.21. The highest BCUT2D eigenvalue weighted by Crippen LogP contribution is 2.21. The Bertz CT molecular complexity index is 700. The van der Waals surface area contributed by atoms with Gasteiger partial charge in [0.15, 0.2) is 5.11 Å². The van der Waals surface area contributed by atoms with Gasteiger partial charge in [0.05, 0.1) is 0 Å². The molecule has 132 valence electrons. The van der Waals surface area contributed by atoms with E-state index in [4.69, 9.17) is 17.0 Å². The van der Waals surface area contributed by atoms with Crippen LogP contribution in [0.5, 0.6) is 11.6 Å². The van der Waals surface area contributed by atoms with Crippen LogP contribution in [0.25, 0.3) is 0 Å². The highest BCUT2D eigenvalue weighted by Gasteiger charge is 2.14. The summed E-state index contributed by atoms with van der Waals surface area (Å²) in [5, 5.41) is 7.06. The van der Waals surface area contributed by atoms with Gasteiger partial charge < -0.3 is 15.4 Å². The summed E-state index contributed by atoms with van der Waals surface area (Å²) < 4.78 is 5.79. The third kappa shape index (κ3) is 5.67. The first kappa shape index (κ1) is 17.6. The smallest absolute Gasteiger partial charge is 0.232 e. The second-order valence-electron chi connectivity index (χ2n) is 6.37. The molecule has 25 heavy (non-hydrogen) atoms. The van der Waals surface area contributed by atoms with Crippen LogP contribution in [-0.4, -0.2) is 21.1 Å². The second kappa shape index (κ2) is 8.76. The number of aryl methyl sites for hydroxylation is 1. The van der Waals surface area contributed by atoms with E-state index in [1.807, 2.05) is 37.3 Å². The van der Waals surface area contributed by atoms with Gasteiger partial charge >= 0.3 is 0 Å². The number of anilines is 1. The van der Waals surface area contributed by atoms with Crippen molar-refractivity contribution in [2.75, 3.05) is 5.32 Å². The summed E-state index contributed by atoms with van der Waals surface area (Å²) in [7, 11) is 0. The summed E-state index contributed by atoms with van der Waals surface area (Å²) in [5.74, 6) is 1.70. The lowest BCUT2D eigenvalue weighted by atomic mass is 10.1. The van der Waals surface area contributed by atoms with Gasteiger partial charge in [-0.25, -0.2) is 4.98 Å². The molecule has 0 aliphatic heterocycles. The molecular formula is C19H24N4OS. The molecule has 6 heteroatoms. The molecule has 0 atom stereocenters. The summed E-state index contributed by atoms with van der Waals surface area (Å²) in [6.07, 6.45) is 7.49. The number of nitrogens with zero attached hydrogens (tertiary/aromatic N) is 2. The number of ether oxygens (including phenoxy) is 1. The minimum absolute atomic E-state index is 0.437. The van der Waals surface area contributed by atoms with Gasteiger partial charge in [0.2, 0.25) is 11.8 Å². The first-order valence-corrected chi connectivity index (χ1v) is 9.26. The van der Waals surface area contributed by atoms with Gasteiger partial charge in [0.1, 0.15) is 5.75 Å². The maximum absolute atomic E-state index is 5.79. The summed E-state index contributed by atoms with van der Waals surface area (Å²) in [4.78, 5) is 8.81. The van der Waals surface area contributed by atoms with E-state index in [-0.39, 0.29) is 0 Å². The van der Waals surface area contributed by atoms with Crippen molar-refractivity contribution in [1.82, 2.24) is 15.3 Å². The number of hydrogen-bond acceptors (Lipinski definition) is 4. The minimum atomic E-state index is 0.437. The highest BCUT2D eigenvalue weighted by molar-refractivity contribution is 7.80. The molecule has 0 saturated heterocycles. The van der Waals surface area contributed by atoms with Crippen molar-refractivity contribution in [2.45, 2.75) is 51.5 Å². The van der Waals surface area contributed by atoms with Crippen molar-refractivity contribution in [1.29, 1.82) is 0 Å². The topological polar surface area (TPSA) is 59.1 Å². The zero-order chi connectivity index (χ0) is 17.5. The van der Waals surface area contributed by atoms with Crippen LogP contribution in [0.4, 0.5) is 5.95 Å². The molecule has 3 rings (SSSR count). The third-order valence-corrected chi connectivity index (χ3v) is 4.43. The van der Waals surface area contributed by atoms with Gasteiger partial charge in [-0.1, -0.05) is 43.9 Å². The van der Waals surface area contributed by atoms with Crippen molar-refractivity contribution < 1.29 is 4.74 Å². The van der Waals surface area contributed by atoms with Crippen LogP contribution < -0.4 is 15.4 Å². The molecule has 0 unspecified atom stereocenters. The Balaban J connectivity index is 1.62. The molecule has 1 heterocycles. The monoisotopic (exact) mass is 356 g/mol. The van der Waals surface area contributed by atoms with Gasteiger partial charge in [-0.2, -0.15) is 4.98 Å². The van der Waals surface area contributed by atoms with Crippen LogP contribution in [-0.2, 0) is 0 Å². The number of thiocarbonyl (C=S) groups is 1. The number of aromatic nitrogens is 2. The quantitative estimate of drug-likeness (QED) is 0.617. The van der Waals surface area contributed by atoms with Crippen LogP contribution in [0.1, 0.15) is 44.2 Å². The lowest BCUT2D eigenvalue weighted by Crippen LogP contribution is -2.37. The molecule has 5 nitrogen and oxygen atoms in total. The van der Waals surface area contributed by atoms with E-state index >= 15 is 0 Å². The maximum Gasteiger partial charge on any atom is 0.232 e. The van der Waals surface area contributed by atoms with Crippen LogP contribution in [0.3, 0.4) is 0 Å². The number of benzene rings is 1. The summed E-state index contributed by atoms with van der Waals surface area (Å²) in [5.41, 5.74) is 0.820. The Kier molecular flexibility index (Phi) is 6.17. The molecule has 1 aliphatic carbocycles. The summed E-state index contributed by atoms with van der Waals surface area (Å²) in [6.45, 7) is 1.91. The number of para-hydroxylation sites is 1. The summed E-state index contributed by atoms with van der Waals surface area (Å²) >= 11 is 5.43. The zero-order valence-electron chi connectivity index (χ0n) is 14.5. The molecule has 0 amide bonds. The number of rotatable bonds is 4. The molecular weight excluding hydrogens is 332 g/mol. The van der Waals surface area contributed by atoms with E-state index in [9.17, 15) is 0 Å². The standard InChI is InChI=1S/C19H24N4OS/c1-14-13-17(24-16-11-7-4-8-12-16)22-18(20-14)23-19(25)21-15-9-5-2-3-6-10-15/h4,7-8,11-13,15H,2-3,5-6,9-10H2,1H3,(H2,20,21,22,23,25). The molecule has 1 aromatic carbocycles. The van der Waals surface area contributed by atoms with Crippen molar-refractivity contribution in [3.05, 3.63) is 42.1 Å². The Morgan fingerprint density at radius 2 is 1.80 bits per heavy atom. The van der Waals surface area contributed by atoms with Crippen LogP contribution in [0.2, 0.25) is 0 Å². The Labute approximate surface area is 154 Å².